The van der Waals surface area contributed by atoms with Crippen LogP contribution in [0.5, 0.6) is 5.75 Å². The predicted molar refractivity (Wildman–Crippen MR) is 97.5 cm³/mol. The van der Waals surface area contributed by atoms with Crippen LogP contribution in [0.15, 0.2) is 84.9 Å². The second kappa shape index (κ2) is 7.32. The van der Waals surface area contributed by atoms with Gasteiger partial charge in [-0.2, -0.15) is 0 Å². The van der Waals surface area contributed by atoms with Gasteiger partial charge in [-0.15, -0.1) is 0 Å². The molecule has 0 saturated heterocycles. The van der Waals surface area contributed by atoms with E-state index in [9.17, 15) is 4.79 Å². The van der Waals surface area contributed by atoms with Crippen LogP contribution in [-0.4, -0.2) is 13.1 Å². The van der Waals surface area contributed by atoms with Gasteiger partial charge in [0.15, 0.2) is 0 Å². The van der Waals surface area contributed by atoms with Crippen LogP contribution in [0.1, 0.15) is 16.7 Å². The van der Waals surface area contributed by atoms with Crippen molar-refractivity contribution in [3.63, 3.8) is 0 Å². The largest absolute Gasteiger partial charge is 0.424 e. The highest BCUT2D eigenvalue weighted by Gasteiger charge is 2.44. The van der Waals surface area contributed by atoms with Crippen molar-refractivity contribution >= 4 is 5.97 Å². The predicted octanol–water partition coefficient (Wildman–Crippen LogP) is 4.49. The highest BCUT2D eigenvalue weighted by atomic mass is 16.6. The first kappa shape index (κ1) is 16.9. The van der Waals surface area contributed by atoms with Crippen LogP contribution < -0.4 is 4.74 Å². The molecule has 0 saturated carbocycles. The zero-order valence-electron chi connectivity index (χ0n) is 14.3. The van der Waals surface area contributed by atoms with E-state index in [0.29, 0.717) is 5.75 Å². The van der Waals surface area contributed by atoms with Gasteiger partial charge in [0.2, 0.25) is 5.60 Å². The summed E-state index contributed by atoms with van der Waals surface area (Å²) in [4.78, 5) is 13.3. The van der Waals surface area contributed by atoms with E-state index in [-0.39, 0.29) is 0 Å². The van der Waals surface area contributed by atoms with Crippen LogP contribution in [0, 0.1) is 6.92 Å². The molecule has 0 aliphatic heterocycles. The third kappa shape index (κ3) is 3.19. The van der Waals surface area contributed by atoms with E-state index in [4.69, 9.17) is 9.47 Å². The van der Waals surface area contributed by atoms with Crippen molar-refractivity contribution in [3.05, 3.63) is 102 Å². The second-order valence-electron chi connectivity index (χ2n) is 5.77. The molecule has 0 spiro atoms. The Morgan fingerprint density at radius 2 is 1.24 bits per heavy atom. The summed E-state index contributed by atoms with van der Waals surface area (Å²) in [7, 11) is 1.53. The number of hydrogen-bond acceptors (Lipinski definition) is 3. The molecule has 3 rings (SSSR count). The van der Waals surface area contributed by atoms with Crippen LogP contribution in [0.3, 0.4) is 0 Å². The summed E-state index contributed by atoms with van der Waals surface area (Å²) >= 11 is 0. The number of carbonyl (C=O) groups excluding carboxylic acids is 1. The lowest BCUT2D eigenvalue weighted by Crippen LogP contribution is -2.42. The molecular weight excluding hydrogens is 312 g/mol. The van der Waals surface area contributed by atoms with Crippen LogP contribution in [-0.2, 0) is 15.1 Å². The Morgan fingerprint density at radius 3 is 1.72 bits per heavy atom. The Bertz CT molecular complexity index is 802. The number of para-hydroxylation sites is 1. The quantitative estimate of drug-likeness (QED) is 0.510. The van der Waals surface area contributed by atoms with Gasteiger partial charge in [-0.3, -0.25) is 0 Å². The molecule has 0 aliphatic rings. The van der Waals surface area contributed by atoms with Gasteiger partial charge in [0.05, 0.1) is 0 Å². The van der Waals surface area contributed by atoms with E-state index in [0.717, 1.165) is 16.7 Å². The summed E-state index contributed by atoms with van der Waals surface area (Å²) in [5.41, 5.74) is 1.01. The molecule has 3 nitrogen and oxygen atoms in total. The maximum Gasteiger partial charge on any atom is 0.353 e. The SMILES string of the molecule is COC(C(=O)Oc1ccccc1C)(c1ccccc1)c1ccccc1. The average Bonchev–Trinajstić information content (AvgIpc) is 2.66. The number of esters is 1. The fourth-order valence-electron chi connectivity index (χ4n) is 2.91. The third-order valence-electron chi connectivity index (χ3n) is 4.25. The molecule has 0 amide bonds. The van der Waals surface area contributed by atoms with Crippen molar-refractivity contribution in [3.8, 4) is 5.75 Å². The van der Waals surface area contributed by atoms with E-state index < -0.39 is 11.6 Å². The molecule has 126 valence electrons. The van der Waals surface area contributed by atoms with E-state index in [1.54, 1.807) is 6.07 Å². The number of hydrogen-bond donors (Lipinski definition) is 0. The molecule has 0 fully saturated rings. The highest BCUT2D eigenvalue weighted by molar-refractivity contribution is 5.87. The number of ether oxygens (including phenoxy) is 2. The molecule has 0 N–H and O–H groups in total. The van der Waals surface area contributed by atoms with Gasteiger partial charge in [-0.1, -0.05) is 78.9 Å². The second-order valence-corrected chi connectivity index (χ2v) is 5.77. The Kier molecular flexibility index (Phi) is 4.96. The van der Waals surface area contributed by atoms with Gasteiger partial charge < -0.3 is 9.47 Å². The third-order valence-corrected chi connectivity index (χ3v) is 4.25. The molecule has 0 heterocycles. The summed E-state index contributed by atoms with van der Waals surface area (Å²) in [6, 6.07) is 26.3. The maximum atomic E-state index is 13.3. The lowest BCUT2D eigenvalue weighted by molar-refractivity contribution is -0.155. The first-order valence-electron chi connectivity index (χ1n) is 8.12. The first-order chi connectivity index (χ1) is 12.2. The fourth-order valence-corrected chi connectivity index (χ4v) is 2.91. The van der Waals surface area contributed by atoms with Crippen molar-refractivity contribution < 1.29 is 14.3 Å². The van der Waals surface area contributed by atoms with E-state index in [1.165, 1.54) is 7.11 Å². The van der Waals surface area contributed by atoms with E-state index in [2.05, 4.69) is 0 Å². The standard InChI is InChI=1S/C22H20O3/c1-17-11-9-10-16-20(17)25-21(23)22(24-2,18-12-5-3-6-13-18)19-14-7-4-8-15-19/h3-16H,1-2H3. The summed E-state index contributed by atoms with van der Waals surface area (Å²) in [6.07, 6.45) is 0. The molecule has 0 bridgehead atoms. The summed E-state index contributed by atoms with van der Waals surface area (Å²) in [5.74, 6) is 0.0579. The highest BCUT2D eigenvalue weighted by Crippen LogP contribution is 2.35. The Labute approximate surface area is 147 Å². The number of rotatable bonds is 5. The average molecular weight is 332 g/mol. The minimum absolute atomic E-state index is 0.471. The molecular formula is C22H20O3. The zero-order valence-corrected chi connectivity index (χ0v) is 14.3. The van der Waals surface area contributed by atoms with Gasteiger partial charge in [-0.05, 0) is 29.7 Å². The fraction of sp³-hybridized carbons (Fsp3) is 0.136. The van der Waals surface area contributed by atoms with Gasteiger partial charge in [0, 0.05) is 7.11 Å². The molecule has 3 heteroatoms. The molecule has 0 atom stereocenters. The topological polar surface area (TPSA) is 35.5 Å². The van der Waals surface area contributed by atoms with E-state index >= 15 is 0 Å². The van der Waals surface area contributed by atoms with Gasteiger partial charge in [0.25, 0.3) is 0 Å². The zero-order chi connectivity index (χ0) is 17.7. The van der Waals surface area contributed by atoms with Gasteiger partial charge in [0.1, 0.15) is 5.75 Å². The minimum atomic E-state index is -1.33. The lowest BCUT2D eigenvalue weighted by atomic mass is 9.86. The summed E-state index contributed by atoms with van der Waals surface area (Å²) < 4.78 is 11.6. The Hall–Kier alpha value is -2.91. The monoisotopic (exact) mass is 332 g/mol. The molecule has 0 unspecified atom stereocenters. The summed E-state index contributed by atoms with van der Waals surface area (Å²) in [5, 5.41) is 0. The number of carbonyl (C=O) groups is 1. The first-order valence-corrected chi connectivity index (χ1v) is 8.12. The molecule has 25 heavy (non-hydrogen) atoms. The van der Waals surface area contributed by atoms with Crippen LogP contribution in [0.2, 0.25) is 0 Å². The molecule has 0 aliphatic carbocycles. The number of aryl methyl sites for hydroxylation is 1. The Balaban J connectivity index is 2.11. The molecule has 0 radical (unpaired) electrons. The number of benzene rings is 3. The van der Waals surface area contributed by atoms with Gasteiger partial charge >= 0.3 is 5.97 Å². The Morgan fingerprint density at radius 1 is 0.760 bits per heavy atom. The van der Waals surface area contributed by atoms with Gasteiger partial charge in [-0.25, -0.2) is 4.79 Å². The molecule has 3 aromatic carbocycles. The molecule has 0 aromatic heterocycles. The van der Waals surface area contributed by atoms with Crippen molar-refractivity contribution in [2.24, 2.45) is 0 Å². The number of methoxy groups -OCH3 is 1. The van der Waals surface area contributed by atoms with Crippen molar-refractivity contribution in [2.45, 2.75) is 12.5 Å². The van der Waals surface area contributed by atoms with Crippen molar-refractivity contribution in [2.75, 3.05) is 7.11 Å². The van der Waals surface area contributed by atoms with Crippen molar-refractivity contribution in [1.29, 1.82) is 0 Å². The smallest absolute Gasteiger partial charge is 0.353 e. The minimum Gasteiger partial charge on any atom is -0.424 e. The molecule has 3 aromatic rings. The van der Waals surface area contributed by atoms with Crippen LogP contribution in [0.25, 0.3) is 0 Å². The lowest BCUT2D eigenvalue weighted by Gasteiger charge is -2.31. The normalized spacial score (nSPS) is 11.1. The van der Waals surface area contributed by atoms with Crippen LogP contribution >= 0.6 is 0 Å². The maximum absolute atomic E-state index is 13.3. The van der Waals surface area contributed by atoms with E-state index in [1.807, 2.05) is 85.8 Å². The van der Waals surface area contributed by atoms with Crippen molar-refractivity contribution in [1.82, 2.24) is 0 Å². The van der Waals surface area contributed by atoms with Crippen LogP contribution in [0.4, 0.5) is 0 Å². The summed E-state index contributed by atoms with van der Waals surface area (Å²) in [6.45, 7) is 1.90.